The van der Waals surface area contributed by atoms with Crippen LogP contribution in [0.3, 0.4) is 0 Å². The molecule has 6 heteroatoms. The van der Waals surface area contributed by atoms with E-state index < -0.39 is 0 Å². The summed E-state index contributed by atoms with van der Waals surface area (Å²) in [5.74, 6) is 0. The first-order valence-corrected chi connectivity index (χ1v) is 6.64. The molecule has 2 rings (SSSR count). The van der Waals surface area contributed by atoms with Crippen LogP contribution in [-0.4, -0.2) is 54.1 Å². The van der Waals surface area contributed by atoms with E-state index in [1.807, 2.05) is 14.0 Å². The molecule has 0 radical (unpaired) electrons. The van der Waals surface area contributed by atoms with E-state index in [0.29, 0.717) is 5.15 Å². The Hall–Kier alpha value is -0.620. The fourth-order valence-electron chi connectivity index (χ4n) is 2.22. The highest BCUT2D eigenvalue weighted by atomic mass is 35.5. The molecule has 1 aliphatic rings. The van der Waals surface area contributed by atoms with E-state index in [1.165, 1.54) is 0 Å². The van der Waals surface area contributed by atoms with Crippen LogP contribution in [0.15, 0.2) is 0 Å². The first-order chi connectivity index (χ1) is 8.58. The fourth-order valence-corrected chi connectivity index (χ4v) is 2.46. The highest BCUT2D eigenvalue weighted by Crippen LogP contribution is 2.18. The van der Waals surface area contributed by atoms with E-state index in [9.17, 15) is 0 Å². The summed E-state index contributed by atoms with van der Waals surface area (Å²) in [5, 5.41) is 8.40. The molecule has 5 nitrogen and oxygen atoms in total. The number of hydrogen-bond donors (Lipinski definition) is 1. The van der Waals surface area contributed by atoms with Gasteiger partial charge >= 0.3 is 0 Å². The summed E-state index contributed by atoms with van der Waals surface area (Å²) in [6, 6.07) is 0. The second-order valence-electron chi connectivity index (χ2n) is 4.86. The molecule has 1 aliphatic heterocycles. The summed E-state index contributed by atoms with van der Waals surface area (Å²) in [7, 11) is 3.98. The predicted molar refractivity (Wildman–Crippen MR) is 71.9 cm³/mol. The molecule has 1 aromatic rings. The van der Waals surface area contributed by atoms with Gasteiger partial charge in [-0.3, -0.25) is 4.68 Å². The Labute approximate surface area is 113 Å². The molecule has 0 spiro atoms. The molecule has 0 amide bonds. The van der Waals surface area contributed by atoms with Gasteiger partial charge in [-0.1, -0.05) is 11.6 Å². The number of halogens is 1. The highest BCUT2D eigenvalue weighted by molar-refractivity contribution is 6.30. The predicted octanol–water partition coefficient (Wildman–Crippen LogP) is 0.802. The van der Waals surface area contributed by atoms with Gasteiger partial charge in [0.15, 0.2) is 0 Å². The van der Waals surface area contributed by atoms with E-state index in [0.717, 1.165) is 44.0 Å². The first kappa shape index (κ1) is 13.8. The van der Waals surface area contributed by atoms with Crippen LogP contribution in [0.25, 0.3) is 0 Å². The Morgan fingerprint density at radius 2 is 2.28 bits per heavy atom. The molecular formula is C12H21ClN4O. The molecule has 0 saturated carbocycles. The largest absolute Gasteiger partial charge is 0.374 e. The minimum Gasteiger partial charge on any atom is -0.374 e. The van der Waals surface area contributed by atoms with Crippen molar-refractivity contribution in [1.29, 1.82) is 0 Å². The van der Waals surface area contributed by atoms with Crippen molar-refractivity contribution in [2.45, 2.75) is 19.6 Å². The Kier molecular flexibility index (Phi) is 4.61. The fraction of sp³-hybridized carbons (Fsp3) is 0.750. The molecule has 0 aliphatic carbocycles. The van der Waals surface area contributed by atoms with Gasteiger partial charge in [0.25, 0.3) is 0 Å². The molecule has 1 unspecified atom stereocenters. The van der Waals surface area contributed by atoms with Gasteiger partial charge in [-0.15, -0.1) is 0 Å². The van der Waals surface area contributed by atoms with Gasteiger partial charge in [-0.25, -0.2) is 0 Å². The van der Waals surface area contributed by atoms with E-state index in [4.69, 9.17) is 16.3 Å². The maximum absolute atomic E-state index is 6.18. The van der Waals surface area contributed by atoms with Crippen molar-refractivity contribution < 1.29 is 4.74 Å². The second kappa shape index (κ2) is 6.02. The summed E-state index contributed by atoms with van der Waals surface area (Å²) in [5.41, 5.74) is 2.06. The van der Waals surface area contributed by atoms with Crippen molar-refractivity contribution in [2.24, 2.45) is 7.05 Å². The van der Waals surface area contributed by atoms with Gasteiger partial charge in [0.2, 0.25) is 0 Å². The maximum atomic E-state index is 6.18. The lowest BCUT2D eigenvalue weighted by Crippen LogP contribution is -2.44. The van der Waals surface area contributed by atoms with Gasteiger partial charge in [-0.2, -0.15) is 5.10 Å². The van der Waals surface area contributed by atoms with Crippen LogP contribution < -0.4 is 5.32 Å². The Morgan fingerprint density at radius 1 is 1.50 bits per heavy atom. The number of aromatic nitrogens is 2. The lowest BCUT2D eigenvalue weighted by atomic mass is 10.2. The molecule has 102 valence electrons. The van der Waals surface area contributed by atoms with Crippen LogP contribution >= 0.6 is 11.6 Å². The van der Waals surface area contributed by atoms with Crippen molar-refractivity contribution in [3.05, 3.63) is 16.4 Å². The normalized spacial score (nSPS) is 21.4. The minimum atomic E-state index is 0.263. The summed E-state index contributed by atoms with van der Waals surface area (Å²) in [6.07, 6.45) is 0.263. The molecular weight excluding hydrogens is 252 g/mol. The lowest BCUT2D eigenvalue weighted by Gasteiger charge is -2.30. The Bertz CT molecular complexity index is 407. The van der Waals surface area contributed by atoms with E-state index >= 15 is 0 Å². The van der Waals surface area contributed by atoms with Crippen LogP contribution in [0.1, 0.15) is 11.3 Å². The molecule has 0 bridgehead atoms. The van der Waals surface area contributed by atoms with Crippen molar-refractivity contribution in [1.82, 2.24) is 20.0 Å². The molecule has 2 heterocycles. The third-order valence-corrected chi connectivity index (χ3v) is 3.76. The van der Waals surface area contributed by atoms with Crippen LogP contribution in [0.4, 0.5) is 0 Å². The molecule has 1 N–H and O–H groups in total. The average Bonchev–Trinajstić information content (AvgIpc) is 2.56. The molecule has 1 atom stereocenters. The Balaban J connectivity index is 1.81. The van der Waals surface area contributed by atoms with E-state index in [1.54, 1.807) is 4.68 Å². The number of aryl methyl sites for hydroxylation is 2. The summed E-state index contributed by atoms with van der Waals surface area (Å²) < 4.78 is 7.40. The zero-order chi connectivity index (χ0) is 13.1. The first-order valence-electron chi connectivity index (χ1n) is 6.26. The summed E-state index contributed by atoms with van der Waals surface area (Å²) >= 11 is 6.18. The monoisotopic (exact) mass is 272 g/mol. The molecule has 1 aromatic heterocycles. The van der Waals surface area contributed by atoms with Gasteiger partial charge in [0.1, 0.15) is 5.15 Å². The zero-order valence-corrected chi connectivity index (χ0v) is 12.0. The molecule has 1 saturated heterocycles. The SMILES string of the molecule is Cc1nn(C)c(Cl)c1CNCC1CN(C)CCO1. The van der Waals surface area contributed by atoms with Crippen molar-refractivity contribution in [2.75, 3.05) is 33.3 Å². The molecule has 0 aromatic carbocycles. The lowest BCUT2D eigenvalue weighted by molar-refractivity contribution is -0.0182. The number of rotatable bonds is 4. The number of hydrogen-bond acceptors (Lipinski definition) is 4. The van der Waals surface area contributed by atoms with Crippen LogP contribution in [0, 0.1) is 6.92 Å². The quantitative estimate of drug-likeness (QED) is 0.881. The smallest absolute Gasteiger partial charge is 0.131 e. The topological polar surface area (TPSA) is 42.3 Å². The molecule has 18 heavy (non-hydrogen) atoms. The average molecular weight is 273 g/mol. The van der Waals surface area contributed by atoms with Crippen molar-refractivity contribution in [3.8, 4) is 0 Å². The van der Waals surface area contributed by atoms with Crippen LogP contribution in [0.2, 0.25) is 5.15 Å². The third-order valence-electron chi connectivity index (χ3n) is 3.29. The second-order valence-corrected chi connectivity index (χ2v) is 5.22. The number of likely N-dealkylation sites (N-methyl/N-ethyl adjacent to an activating group) is 1. The Morgan fingerprint density at radius 3 is 2.89 bits per heavy atom. The zero-order valence-electron chi connectivity index (χ0n) is 11.2. The molecule has 1 fully saturated rings. The van der Waals surface area contributed by atoms with Crippen LogP contribution in [-0.2, 0) is 18.3 Å². The van der Waals surface area contributed by atoms with Gasteiger partial charge < -0.3 is 15.0 Å². The van der Waals surface area contributed by atoms with E-state index in [-0.39, 0.29) is 6.10 Å². The standard InChI is InChI=1S/C12H21ClN4O/c1-9-11(12(13)17(3)15-9)7-14-6-10-8-16(2)4-5-18-10/h10,14H,4-8H2,1-3H3. The van der Waals surface area contributed by atoms with Gasteiger partial charge in [0, 0.05) is 38.8 Å². The number of nitrogens with zero attached hydrogens (tertiary/aromatic N) is 3. The van der Waals surface area contributed by atoms with Gasteiger partial charge in [0.05, 0.1) is 18.4 Å². The van der Waals surface area contributed by atoms with Crippen LogP contribution in [0.5, 0.6) is 0 Å². The minimum absolute atomic E-state index is 0.263. The summed E-state index contributed by atoms with van der Waals surface area (Å²) in [6.45, 7) is 6.37. The van der Waals surface area contributed by atoms with Crippen molar-refractivity contribution >= 4 is 11.6 Å². The summed E-state index contributed by atoms with van der Waals surface area (Å²) in [4.78, 5) is 2.29. The third kappa shape index (κ3) is 3.23. The van der Waals surface area contributed by atoms with E-state index in [2.05, 4.69) is 22.4 Å². The van der Waals surface area contributed by atoms with Crippen molar-refractivity contribution in [3.63, 3.8) is 0 Å². The number of nitrogens with one attached hydrogen (secondary N) is 1. The maximum Gasteiger partial charge on any atom is 0.131 e. The van der Waals surface area contributed by atoms with Gasteiger partial charge in [-0.05, 0) is 14.0 Å². The number of morpholine rings is 1. The highest BCUT2D eigenvalue weighted by Gasteiger charge is 2.17. The number of ether oxygens (including phenoxy) is 1.